The SMILES string of the molecule is CC(NC(=O)c1cc(OC[C@@H]2CCCO2)cc(-c2ncc(C3CCC3)s2)c1)c1ccc(C(F)(F)F)nn1. The highest BCUT2D eigenvalue weighted by Crippen LogP contribution is 2.41. The predicted octanol–water partition coefficient (Wildman–Crippen LogP) is 5.94. The first-order valence-corrected chi connectivity index (χ1v) is 13.1. The normalized spacial score (nSPS) is 18.9. The number of aromatic nitrogens is 3. The van der Waals surface area contributed by atoms with Gasteiger partial charge in [-0.2, -0.15) is 18.3 Å². The highest BCUT2D eigenvalue weighted by molar-refractivity contribution is 7.15. The van der Waals surface area contributed by atoms with Gasteiger partial charge in [-0.3, -0.25) is 4.79 Å². The highest BCUT2D eigenvalue weighted by Gasteiger charge is 2.33. The van der Waals surface area contributed by atoms with E-state index in [-0.39, 0.29) is 11.8 Å². The molecule has 1 aromatic carbocycles. The van der Waals surface area contributed by atoms with Crippen molar-refractivity contribution in [2.45, 2.75) is 63.3 Å². The van der Waals surface area contributed by atoms with Gasteiger partial charge in [-0.1, -0.05) is 6.42 Å². The summed E-state index contributed by atoms with van der Waals surface area (Å²) in [6.07, 6.45) is 2.85. The molecule has 7 nitrogen and oxygen atoms in total. The number of hydrogen-bond acceptors (Lipinski definition) is 7. The minimum atomic E-state index is -4.58. The number of amides is 1. The summed E-state index contributed by atoms with van der Waals surface area (Å²) in [4.78, 5) is 19.0. The zero-order valence-corrected chi connectivity index (χ0v) is 21.1. The molecule has 1 amide bonds. The average molecular weight is 533 g/mol. The Hall–Kier alpha value is -3.05. The Balaban J connectivity index is 1.35. The largest absolute Gasteiger partial charge is 0.491 e. The number of ether oxygens (including phenoxy) is 2. The van der Waals surface area contributed by atoms with Gasteiger partial charge < -0.3 is 14.8 Å². The topological polar surface area (TPSA) is 86.2 Å². The fraction of sp³-hybridized carbons (Fsp3) is 0.462. The molecule has 2 atom stereocenters. The molecule has 3 aromatic rings. The van der Waals surface area contributed by atoms with E-state index in [0.29, 0.717) is 23.8 Å². The van der Waals surface area contributed by atoms with Crippen molar-refractivity contribution < 1.29 is 27.4 Å². The van der Waals surface area contributed by atoms with Crippen LogP contribution in [0.1, 0.15) is 77.6 Å². The fourth-order valence-electron chi connectivity index (χ4n) is 4.28. The maximum absolute atomic E-state index is 13.2. The summed E-state index contributed by atoms with van der Waals surface area (Å²) in [6.45, 7) is 2.74. The molecular weight excluding hydrogens is 505 g/mol. The van der Waals surface area contributed by atoms with E-state index in [9.17, 15) is 18.0 Å². The highest BCUT2D eigenvalue weighted by atomic mass is 32.1. The molecule has 0 bridgehead atoms. The van der Waals surface area contributed by atoms with Crippen molar-refractivity contribution >= 4 is 17.2 Å². The third-order valence-corrected chi connectivity index (χ3v) is 7.88. The Kier molecular flexibility index (Phi) is 7.43. The summed E-state index contributed by atoms with van der Waals surface area (Å²) < 4.78 is 50.1. The van der Waals surface area contributed by atoms with Crippen molar-refractivity contribution in [2.75, 3.05) is 13.2 Å². The van der Waals surface area contributed by atoms with Gasteiger partial charge in [0.05, 0.1) is 17.8 Å². The van der Waals surface area contributed by atoms with Gasteiger partial charge in [0.15, 0.2) is 5.69 Å². The number of nitrogens with one attached hydrogen (secondary N) is 1. The molecule has 5 rings (SSSR count). The Labute approximate surface area is 216 Å². The van der Waals surface area contributed by atoms with Crippen LogP contribution in [0.25, 0.3) is 10.6 Å². The molecule has 2 fully saturated rings. The molecule has 1 N–H and O–H groups in total. The summed E-state index contributed by atoms with van der Waals surface area (Å²) in [5.74, 6) is 0.674. The van der Waals surface area contributed by atoms with Gasteiger partial charge in [0.2, 0.25) is 0 Å². The zero-order valence-electron chi connectivity index (χ0n) is 20.3. The maximum Gasteiger partial charge on any atom is 0.435 e. The molecule has 3 heterocycles. The Morgan fingerprint density at radius 2 is 2.03 bits per heavy atom. The lowest BCUT2D eigenvalue weighted by atomic mass is 9.85. The van der Waals surface area contributed by atoms with Gasteiger partial charge in [0.1, 0.15) is 17.4 Å². The molecule has 196 valence electrons. The van der Waals surface area contributed by atoms with Crippen LogP contribution in [-0.2, 0) is 10.9 Å². The Morgan fingerprint density at radius 1 is 1.19 bits per heavy atom. The third kappa shape index (κ3) is 6.10. The standard InChI is InChI=1S/C26H27F3N4O3S/c1-15(21-7-8-23(33-32-21)26(27,28)29)31-24(34)17-10-18(25-30-13-22(37-25)16-4-2-5-16)12-20(11-17)36-14-19-6-3-9-35-19/h7-8,10-13,15-16,19H,2-6,9,14H2,1H3,(H,31,34)/t15?,19-/m0/s1. The molecule has 37 heavy (non-hydrogen) atoms. The van der Waals surface area contributed by atoms with Crippen molar-refractivity contribution in [3.05, 3.63) is 58.4 Å². The summed E-state index contributed by atoms with van der Waals surface area (Å²) in [5, 5.41) is 10.5. The number of carbonyl (C=O) groups is 1. The van der Waals surface area contributed by atoms with Crippen LogP contribution in [0.4, 0.5) is 13.2 Å². The first kappa shape index (κ1) is 25.6. The first-order chi connectivity index (χ1) is 17.8. The van der Waals surface area contributed by atoms with E-state index in [0.717, 1.165) is 36.1 Å². The van der Waals surface area contributed by atoms with Gasteiger partial charge in [-0.15, -0.1) is 16.4 Å². The second kappa shape index (κ2) is 10.7. The minimum absolute atomic E-state index is 0.0179. The van der Waals surface area contributed by atoms with E-state index in [2.05, 4.69) is 20.5 Å². The van der Waals surface area contributed by atoms with Crippen molar-refractivity contribution in [1.29, 1.82) is 0 Å². The average Bonchev–Trinajstić information content (AvgIpc) is 3.54. The van der Waals surface area contributed by atoms with Gasteiger partial charge >= 0.3 is 6.18 Å². The summed E-state index contributed by atoms with van der Waals surface area (Å²) in [5.41, 5.74) is 0.261. The van der Waals surface area contributed by atoms with Crippen LogP contribution < -0.4 is 10.1 Å². The van der Waals surface area contributed by atoms with Crippen molar-refractivity contribution in [3.8, 4) is 16.3 Å². The number of halogens is 3. The Bertz CT molecular complexity index is 1240. The molecule has 2 aliphatic rings. The molecule has 1 aliphatic heterocycles. The molecule has 1 saturated carbocycles. The number of hydrogen-bond donors (Lipinski definition) is 1. The third-order valence-electron chi connectivity index (χ3n) is 6.67. The van der Waals surface area contributed by atoms with E-state index in [4.69, 9.17) is 9.47 Å². The van der Waals surface area contributed by atoms with Crippen LogP contribution in [0.3, 0.4) is 0 Å². The van der Waals surface area contributed by atoms with Gasteiger partial charge in [0.25, 0.3) is 5.91 Å². The number of thiazole rings is 1. The second-order valence-corrected chi connectivity index (χ2v) is 10.5. The van der Waals surface area contributed by atoms with E-state index in [1.54, 1.807) is 30.4 Å². The smallest absolute Gasteiger partial charge is 0.435 e. The van der Waals surface area contributed by atoms with Crippen LogP contribution in [-0.4, -0.2) is 40.4 Å². The quantitative estimate of drug-likeness (QED) is 0.387. The monoisotopic (exact) mass is 532 g/mol. The maximum atomic E-state index is 13.2. The molecule has 1 unspecified atom stereocenters. The number of alkyl halides is 3. The number of carbonyl (C=O) groups excluding carboxylic acids is 1. The number of rotatable bonds is 8. The summed E-state index contributed by atoms with van der Waals surface area (Å²) in [6, 6.07) is 6.69. The fourth-order valence-corrected chi connectivity index (χ4v) is 5.35. The van der Waals surface area contributed by atoms with Crippen LogP contribution in [0.2, 0.25) is 0 Å². The summed E-state index contributed by atoms with van der Waals surface area (Å²) >= 11 is 1.62. The lowest BCUT2D eigenvalue weighted by molar-refractivity contribution is -0.141. The van der Waals surface area contributed by atoms with E-state index in [1.807, 2.05) is 12.3 Å². The first-order valence-electron chi connectivity index (χ1n) is 12.3. The lowest BCUT2D eigenvalue weighted by Crippen LogP contribution is -2.27. The van der Waals surface area contributed by atoms with Gasteiger partial charge in [-0.05, 0) is 68.9 Å². The Morgan fingerprint density at radius 3 is 2.68 bits per heavy atom. The van der Waals surface area contributed by atoms with Crippen molar-refractivity contribution in [3.63, 3.8) is 0 Å². The lowest BCUT2D eigenvalue weighted by Gasteiger charge is -2.23. The van der Waals surface area contributed by atoms with Gasteiger partial charge in [0, 0.05) is 28.8 Å². The van der Waals surface area contributed by atoms with Crippen LogP contribution in [0, 0.1) is 0 Å². The minimum Gasteiger partial charge on any atom is -0.491 e. The molecule has 1 aliphatic carbocycles. The van der Waals surface area contributed by atoms with Crippen molar-refractivity contribution in [1.82, 2.24) is 20.5 Å². The number of benzene rings is 1. The van der Waals surface area contributed by atoms with Crippen LogP contribution >= 0.6 is 11.3 Å². The summed E-state index contributed by atoms with van der Waals surface area (Å²) in [7, 11) is 0. The van der Waals surface area contributed by atoms with Crippen LogP contribution in [0.5, 0.6) is 5.75 Å². The van der Waals surface area contributed by atoms with Crippen molar-refractivity contribution in [2.24, 2.45) is 0 Å². The van der Waals surface area contributed by atoms with Gasteiger partial charge in [-0.25, -0.2) is 4.98 Å². The van der Waals surface area contributed by atoms with E-state index in [1.165, 1.54) is 30.2 Å². The molecule has 1 saturated heterocycles. The molecule has 0 radical (unpaired) electrons. The molecule has 2 aromatic heterocycles. The molecule has 0 spiro atoms. The second-order valence-electron chi connectivity index (χ2n) is 9.42. The van der Waals surface area contributed by atoms with E-state index >= 15 is 0 Å². The molecular formula is C26H27F3N4O3S. The number of nitrogens with zero attached hydrogens (tertiary/aromatic N) is 3. The predicted molar refractivity (Wildman–Crippen MR) is 132 cm³/mol. The van der Waals surface area contributed by atoms with Crippen LogP contribution in [0.15, 0.2) is 36.5 Å². The van der Waals surface area contributed by atoms with E-state index < -0.39 is 23.8 Å². The zero-order chi connectivity index (χ0) is 26.0. The molecule has 11 heteroatoms.